The molecule has 0 saturated carbocycles. The fraction of sp³-hybridized carbons (Fsp3) is 0.769. The first-order chi connectivity index (χ1) is 9.09. The number of carbonyl (C=O) groups is 3. The van der Waals surface area contributed by atoms with E-state index in [4.69, 9.17) is 5.11 Å². The summed E-state index contributed by atoms with van der Waals surface area (Å²) in [5, 5.41) is 9.06. The highest BCUT2D eigenvalue weighted by Gasteiger charge is 2.34. The molecule has 0 aromatic heterocycles. The lowest BCUT2D eigenvalue weighted by atomic mass is 10.2. The van der Waals surface area contributed by atoms with Crippen LogP contribution in [-0.2, 0) is 14.4 Å². The number of aliphatic carboxylic acids is 1. The standard InChI is InChI=1S/C13H20N2O4/c16-11-6-2-1-3-7-14(11)9-12(17)15-8-4-5-10(15)13(18)19/h10H,1-9H2,(H,18,19). The van der Waals surface area contributed by atoms with Gasteiger partial charge in [-0.1, -0.05) is 6.42 Å². The van der Waals surface area contributed by atoms with Gasteiger partial charge in [-0.05, 0) is 25.7 Å². The van der Waals surface area contributed by atoms with Crippen molar-refractivity contribution >= 4 is 17.8 Å². The fourth-order valence-electron chi connectivity index (χ4n) is 2.78. The number of amides is 2. The predicted molar refractivity (Wildman–Crippen MR) is 67.4 cm³/mol. The van der Waals surface area contributed by atoms with Crippen molar-refractivity contribution in [2.75, 3.05) is 19.6 Å². The molecular formula is C13H20N2O4. The molecule has 1 atom stereocenters. The second-order valence-electron chi connectivity index (χ2n) is 5.21. The van der Waals surface area contributed by atoms with Crippen LogP contribution in [0.2, 0.25) is 0 Å². The largest absolute Gasteiger partial charge is 0.480 e. The summed E-state index contributed by atoms with van der Waals surface area (Å²) in [6.07, 6.45) is 4.53. The number of rotatable bonds is 3. The van der Waals surface area contributed by atoms with Crippen molar-refractivity contribution in [2.24, 2.45) is 0 Å². The van der Waals surface area contributed by atoms with Crippen LogP contribution in [0.15, 0.2) is 0 Å². The van der Waals surface area contributed by atoms with Crippen LogP contribution >= 0.6 is 0 Å². The molecule has 2 aliphatic heterocycles. The zero-order valence-corrected chi connectivity index (χ0v) is 11.0. The van der Waals surface area contributed by atoms with Crippen LogP contribution in [-0.4, -0.2) is 58.4 Å². The minimum absolute atomic E-state index is 0.0110. The van der Waals surface area contributed by atoms with Gasteiger partial charge in [0.1, 0.15) is 6.04 Å². The van der Waals surface area contributed by atoms with E-state index in [1.54, 1.807) is 4.90 Å². The van der Waals surface area contributed by atoms with E-state index in [-0.39, 0.29) is 18.4 Å². The summed E-state index contributed by atoms with van der Waals surface area (Å²) in [6, 6.07) is -0.713. The smallest absolute Gasteiger partial charge is 0.326 e. The Labute approximate surface area is 112 Å². The molecule has 6 nitrogen and oxygen atoms in total. The van der Waals surface area contributed by atoms with E-state index < -0.39 is 12.0 Å². The van der Waals surface area contributed by atoms with E-state index in [9.17, 15) is 14.4 Å². The first-order valence-corrected chi connectivity index (χ1v) is 6.89. The molecule has 2 rings (SSSR count). The van der Waals surface area contributed by atoms with Gasteiger partial charge < -0.3 is 14.9 Å². The number of hydrogen-bond donors (Lipinski definition) is 1. The van der Waals surface area contributed by atoms with Crippen molar-refractivity contribution < 1.29 is 19.5 Å². The molecule has 6 heteroatoms. The second kappa shape index (κ2) is 6.04. The summed E-state index contributed by atoms with van der Waals surface area (Å²) < 4.78 is 0. The van der Waals surface area contributed by atoms with Crippen molar-refractivity contribution in [3.63, 3.8) is 0 Å². The predicted octanol–water partition coefficient (Wildman–Crippen LogP) is 0.465. The molecule has 1 unspecified atom stereocenters. The molecule has 1 N–H and O–H groups in total. The van der Waals surface area contributed by atoms with Gasteiger partial charge in [-0.2, -0.15) is 0 Å². The molecule has 2 aliphatic rings. The lowest BCUT2D eigenvalue weighted by Crippen LogP contribution is -2.46. The van der Waals surface area contributed by atoms with Gasteiger partial charge >= 0.3 is 5.97 Å². The van der Waals surface area contributed by atoms with Gasteiger partial charge in [0, 0.05) is 19.5 Å². The minimum Gasteiger partial charge on any atom is -0.480 e. The van der Waals surface area contributed by atoms with Gasteiger partial charge in [-0.15, -0.1) is 0 Å². The maximum atomic E-state index is 12.2. The van der Waals surface area contributed by atoms with Gasteiger partial charge in [0.15, 0.2) is 0 Å². The van der Waals surface area contributed by atoms with Gasteiger partial charge in [0.25, 0.3) is 0 Å². The van der Waals surface area contributed by atoms with Crippen LogP contribution in [0.25, 0.3) is 0 Å². The van der Waals surface area contributed by atoms with Crippen LogP contribution < -0.4 is 0 Å². The quantitative estimate of drug-likeness (QED) is 0.807. The first kappa shape index (κ1) is 13.8. The summed E-state index contributed by atoms with van der Waals surface area (Å²) in [7, 11) is 0. The Morgan fingerprint density at radius 2 is 1.95 bits per heavy atom. The van der Waals surface area contributed by atoms with Crippen molar-refractivity contribution in [3.8, 4) is 0 Å². The lowest BCUT2D eigenvalue weighted by Gasteiger charge is -2.26. The van der Waals surface area contributed by atoms with Crippen molar-refractivity contribution in [3.05, 3.63) is 0 Å². The Balaban J connectivity index is 1.96. The van der Waals surface area contributed by atoms with Gasteiger partial charge in [0.2, 0.25) is 11.8 Å². The third-order valence-electron chi connectivity index (χ3n) is 3.86. The zero-order valence-electron chi connectivity index (χ0n) is 11.0. The monoisotopic (exact) mass is 268 g/mol. The van der Waals surface area contributed by atoms with E-state index in [1.165, 1.54) is 4.90 Å². The average Bonchev–Trinajstić information content (AvgIpc) is 2.78. The maximum absolute atomic E-state index is 12.2. The number of carboxylic acids is 1. The molecule has 106 valence electrons. The van der Waals surface area contributed by atoms with E-state index in [0.29, 0.717) is 25.9 Å². The van der Waals surface area contributed by atoms with Crippen molar-refractivity contribution in [2.45, 2.75) is 44.6 Å². The molecule has 0 aliphatic carbocycles. The molecule has 2 saturated heterocycles. The number of carbonyl (C=O) groups excluding carboxylic acids is 2. The summed E-state index contributed by atoms with van der Waals surface area (Å²) in [4.78, 5) is 38.0. The third kappa shape index (κ3) is 3.24. The average molecular weight is 268 g/mol. The zero-order chi connectivity index (χ0) is 13.8. The highest BCUT2D eigenvalue weighted by molar-refractivity contribution is 5.88. The van der Waals surface area contributed by atoms with Crippen LogP contribution in [0.3, 0.4) is 0 Å². The summed E-state index contributed by atoms with van der Waals surface area (Å²) in [5.41, 5.74) is 0. The third-order valence-corrected chi connectivity index (χ3v) is 3.86. The molecule has 2 fully saturated rings. The lowest BCUT2D eigenvalue weighted by molar-refractivity contribution is -0.149. The molecule has 0 aromatic rings. The molecule has 2 amide bonds. The highest BCUT2D eigenvalue weighted by Crippen LogP contribution is 2.18. The van der Waals surface area contributed by atoms with E-state index >= 15 is 0 Å². The number of carboxylic acid groups (broad SMARTS) is 1. The second-order valence-corrected chi connectivity index (χ2v) is 5.21. The normalized spacial score (nSPS) is 24.4. The number of hydrogen-bond acceptors (Lipinski definition) is 3. The minimum atomic E-state index is -0.951. The van der Waals surface area contributed by atoms with E-state index in [2.05, 4.69) is 0 Å². The van der Waals surface area contributed by atoms with Gasteiger partial charge in [-0.25, -0.2) is 4.79 Å². The van der Waals surface area contributed by atoms with Crippen molar-refractivity contribution in [1.29, 1.82) is 0 Å². The summed E-state index contributed by atoms with van der Waals surface area (Å²) in [6.45, 7) is 1.12. The van der Waals surface area contributed by atoms with Crippen LogP contribution in [0, 0.1) is 0 Å². The Kier molecular flexibility index (Phi) is 4.39. The molecule has 2 heterocycles. The summed E-state index contributed by atoms with van der Waals surface area (Å²) in [5.74, 6) is -1.18. The van der Waals surface area contributed by atoms with Gasteiger partial charge in [-0.3, -0.25) is 9.59 Å². The molecule has 0 radical (unpaired) electrons. The maximum Gasteiger partial charge on any atom is 0.326 e. The molecular weight excluding hydrogens is 248 g/mol. The number of likely N-dealkylation sites (tertiary alicyclic amines) is 2. The topological polar surface area (TPSA) is 77.9 Å². The Bertz CT molecular complexity index is 383. The van der Waals surface area contributed by atoms with Crippen LogP contribution in [0.1, 0.15) is 38.5 Å². The SMILES string of the molecule is O=C(O)C1CCCN1C(=O)CN1CCCCCC1=O. The first-order valence-electron chi connectivity index (χ1n) is 6.89. The van der Waals surface area contributed by atoms with Crippen molar-refractivity contribution in [1.82, 2.24) is 9.80 Å². The molecule has 0 aromatic carbocycles. The van der Waals surface area contributed by atoms with Crippen LogP contribution in [0.4, 0.5) is 0 Å². The van der Waals surface area contributed by atoms with Crippen LogP contribution in [0.5, 0.6) is 0 Å². The summed E-state index contributed by atoms with van der Waals surface area (Å²) >= 11 is 0. The highest BCUT2D eigenvalue weighted by atomic mass is 16.4. The Morgan fingerprint density at radius 3 is 2.68 bits per heavy atom. The Hall–Kier alpha value is -1.59. The number of nitrogens with zero attached hydrogens (tertiary/aromatic N) is 2. The fourth-order valence-corrected chi connectivity index (χ4v) is 2.78. The Morgan fingerprint density at radius 1 is 1.16 bits per heavy atom. The molecule has 0 spiro atoms. The van der Waals surface area contributed by atoms with E-state index in [1.807, 2.05) is 0 Å². The van der Waals surface area contributed by atoms with Gasteiger partial charge in [0.05, 0.1) is 6.54 Å². The molecule has 0 bridgehead atoms. The van der Waals surface area contributed by atoms with E-state index in [0.717, 1.165) is 25.7 Å². The molecule has 19 heavy (non-hydrogen) atoms.